The lowest BCUT2D eigenvalue weighted by Crippen LogP contribution is -2.48. The summed E-state index contributed by atoms with van der Waals surface area (Å²) >= 11 is 5.95. The first kappa shape index (κ1) is 17.1. The van der Waals surface area contributed by atoms with Crippen molar-refractivity contribution in [1.82, 2.24) is 10.2 Å². The zero-order valence-electron chi connectivity index (χ0n) is 13.3. The minimum absolute atomic E-state index is 0.0302. The lowest BCUT2D eigenvalue weighted by Gasteiger charge is -2.32. The van der Waals surface area contributed by atoms with E-state index >= 15 is 0 Å². The number of carbonyl (C=O) groups excluding carboxylic acids is 1. The van der Waals surface area contributed by atoms with Gasteiger partial charge < -0.3 is 15.0 Å². The molecule has 1 aromatic rings. The molecule has 0 spiro atoms. The second kappa shape index (κ2) is 8.39. The maximum absolute atomic E-state index is 12.4. The zero-order chi connectivity index (χ0) is 15.9. The molecule has 1 aromatic carbocycles. The average molecular weight is 325 g/mol. The molecule has 122 valence electrons. The van der Waals surface area contributed by atoms with Crippen molar-refractivity contribution in [3.63, 3.8) is 0 Å². The molecule has 0 saturated carbocycles. The van der Waals surface area contributed by atoms with Crippen LogP contribution in [-0.2, 0) is 4.79 Å². The van der Waals surface area contributed by atoms with Crippen LogP contribution in [0.2, 0.25) is 5.02 Å². The monoisotopic (exact) mass is 324 g/mol. The van der Waals surface area contributed by atoms with E-state index in [-0.39, 0.29) is 11.9 Å². The van der Waals surface area contributed by atoms with Gasteiger partial charge in [-0.25, -0.2) is 0 Å². The molecular weight excluding hydrogens is 300 g/mol. The number of hydrogen-bond donors (Lipinski definition) is 1. The Labute approximate surface area is 137 Å². The fourth-order valence-electron chi connectivity index (χ4n) is 2.71. The van der Waals surface area contributed by atoms with Crippen LogP contribution in [0.3, 0.4) is 0 Å². The van der Waals surface area contributed by atoms with E-state index in [1.807, 2.05) is 19.1 Å². The van der Waals surface area contributed by atoms with E-state index < -0.39 is 6.10 Å². The molecule has 1 aliphatic heterocycles. The van der Waals surface area contributed by atoms with E-state index in [2.05, 4.69) is 17.1 Å². The standard InChI is InChI=1S/C17H25ClN2O2/c1-3-16(22-15-7-5-6-13(18)12-15)17(21)19-14-8-10-20(4-2)11-9-14/h5-7,12,14,16H,3-4,8-11H2,1-2H3,(H,19,21)/t16-/m1/s1. The summed E-state index contributed by atoms with van der Waals surface area (Å²) < 4.78 is 5.78. The first-order chi connectivity index (χ1) is 10.6. The molecule has 1 amide bonds. The summed E-state index contributed by atoms with van der Waals surface area (Å²) in [5.74, 6) is 0.604. The van der Waals surface area contributed by atoms with Crippen molar-refractivity contribution in [2.24, 2.45) is 0 Å². The van der Waals surface area contributed by atoms with Crippen molar-refractivity contribution in [1.29, 1.82) is 0 Å². The van der Waals surface area contributed by atoms with Crippen molar-refractivity contribution < 1.29 is 9.53 Å². The first-order valence-electron chi connectivity index (χ1n) is 8.07. The molecule has 1 aliphatic rings. The Morgan fingerprint density at radius 3 is 2.73 bits per heavy atom. The van der Waals surface area contributed by atoms with Crippen LogP contribution in [0.4, 0.5) is 0 Å². The van der Waals surface area contributed by atoms with Gasteiger partial charge in [-0.1, -0.05) is 31.5 Å². The fourth-order valence-corrected chi connectivity index (χ4v) is 2.89. The summed E-state index contributed by atoms with van der Waals surface area (Å²) in [6.45, 7) is 7.30. The molecule has 1 saturated heterocycles. The third-order valence-corrected chi connectivity index (χ3v) is 4.35. The number of hydrogen-bond acceptors (Lipinski definition) is 3. The highest BCUT2D eigenvalue weighted by molar-refractivity contribution is 6.30. The van der Waals surface area contributed by atoms with Crippen molar-refractivity contribution in [2.75, 3.05) is 19.6 Å². The molecule has 0 aliphatic carbocycles. The van der Waals surface area contributed by atoms with Crippen molar-refractivity contribution in [3.05, 3.63) is 29.3 Å². The molecule has 1 fully saturated rings. The van der Waals surface area contributed by atoms with Gasteiger partial charge in [-0.3, -0.25) is 4.79 Å². The van der Waals surface area contributed by atoms with Gasteiger partial charge in [0, 0.05) is 24.2 Å². The predicted molar refractivity (Wildman–Crippen MR) is 89.4 cm³/mol. The normalized spacial score (nSPS) is 18.0. The third-order valence-electron chi connectivity index (χ3n) is 4.12. The number of nitrogens with zero attached hydrogens (tertiary/aromatic N) is 1. The van der Waals surface area contributed by atoms with Crippen LogP contribution >= 0.6 is 11.6 Å². The number of carbonyl (C=O) groups is 1. The number of piperidine rings is 1. The Kier molecular flexibility index (Phi) is 6.52. The Balaban J connectivity index is 1.86. The van der Waals surface area contributed by atoms with E-state index in [4.69, 9.17) is 16.3 Å². The largest absolute Gasteiger partial charge is 0.481 e. The highest BCUT2D eigenvalue weighted by atomic mass is 35.5. The molecule has 1 heterocycles. The second-order valence-corrected chi connectivity index (χ2v) is 6.13. The quantitative estimate of drug-likeness (QED) is 0.874. The van der Waals surface area contributed by atoms with E-state index in [9.17, 15) is 4.79 Å². The van der Waals surface area contributed by atoms with Gasteiger partial charge in [0.15, 0.2) is 6.10 Å². The smallest absolute Gasteiger partial charge is 0.261 e. The third kappa shape index (κ3) is 4.89. The molecule has 0 bridgehead atoms. The summed E-state index contributed by atoms with van der Waals surface area (Å²) in [5.41, 5.74) is 0. The zero-order valence-corrected chi connectivity index (χ0v) is 14.1. The molecule has 0 radical (unpaired) electrons. The number of nitrogens with one attached hydrogen (secondary N) is 1. The Morgan fingerprint density at radius 1 is 1.41 bits per heavy atom. The number of ether oxygens (including phenoxy) is 1. The van der Waals surface area contributed by atoms with Gasteiger partial charge >= 0.3 is 0 Å². The van der Waals surface area contributed by atoms with Crippen molar-refractivity contribution in [3.8, 4) is 5.75 Å². The number of likely N-dealkylation sites (tertiary alicyclic amines) is 1. The Hall–Kier alpha value is -1.26. The van der Waals surface area contributed by atoms with Crippen LogP contribution in [0, 0.1) is 0 Å². The number of halogens is 1. The molecule has 4 nitrogen and oxygen atoms in total. The van der Waals surface area contributed by atoms with Crippen LogP contribution in [0.5, 0.6) is 5.75 Å². The van der Waals surface area contributed by atoms with Gasteiger partial charge in [0.1, 0.15) is 5.75 Å². The molecular formula is C17H25ClN2O2. The lowest BCUT2D eigenvalue weighted by molar-refractivity contribution is -0.129. The number of benzene rings is 1. The molecule has 22 heavy (non-hydrogen) atoms. The van der Waals surface area contributed by atoms with Gasteiger partial charge in [-0.2, -0.15) is 0 Å². The second-order valence-electron chi connectivity index (χ2n) is 5.69. The molecule has 1 N–H and O–H groups in total. The summed E-state index contributed by atoms with van der Waals surface area (Å²) in [5, 5.41) is 3.74. The molecule has 1 atom stereocenters. The Morgan fingerprint density at radius 2 is 2.14 bits per heavy atom. The van der Waals surface area contributed by atoms with E-state index in [1.54, 1.807) is 12.1 Å². The topological polar surface area (TPSA) is 41.6 Å². The minimum Gasteiger partial charge on any atom is -0.481 e. The van der Waals surface area contributed by atoms with Gasteiger partial charge in [-0.05, 0) is 44.0 Å². The highest BCUT2D eigenvalue weighted by Gasteiger charge is 2.24. The predicted octanol–water partition coefficient (Wildman–Crippen LogP) is 3.10. The average Bonchev–Trinajstić information content (AvgIpc) is 2.53. The lowest BCUT2D eigenvalue weighted by atomic mass is 10.0. The van der Waals surface area contributed by atoms with E-state index in [0.29, 0.717) is 17.2 Å². The number of amides is 1. The fraction of sp³-hybridized carbons (Fsp3) is 0.588. The first-order valence-corrected chi connectivity index (χ1v) is 8.45. The molecule has 0 aromatic heterocycles. The summed E-state index contributed by atoms with van der Waals surface area (Å²) in [4.78, 5) is 14.8. The summed E-state index contributed by atoms with van der Waals surface area (Å²) in [7, 11) is 0. The van der Waals surface area contributed by atoms with Gasteiger partial charge in [0.25, 0.3) is 5.91 Å². The minimum atomic E-state index is -0.470. The van der Waals surface area contributed by atoms with Gasteiger partial charge in [0.2, 0.25) is 0 Å². The maximum Gasteiger partial charge on any atom is 0.261 e. The van der Waals surface area contributed by atoms with Crippen LogP contribution in [0.25, 0.3) is 0 Å². The van der Waals surface area contributed by atoms with Crippen molar-refractivity contribution in [2.45, 2.75) is 45.3 Å². The van der Waals surface area contributed by atoms with Crippen molar-refractivity contribution >= 4 is 17.5 Å². The van der Waals surface area contributed by atoms with Crippen LogP contribution in [0.15, 0.2) is 24.3 Å². The van der Waals surface area contributed by atoms with Crippen LogP contribution in [0.1, 0.15) is 33.1 Å². The van der Waals surface area contributed by atoms with Crippen LogP contribution < -0.4 is 10.1 Å². The van der Waals surface area contributed by atoms with Gasteiger partial charge in [-0.15, -0.1) is 0 Å². The molecule has 0 unspecified atom stereocenters. The SMILES string of the molecule is CC[C@@H](Oc1cccc(Cl)c1)C(=O)NC1CCN(CC)CC1. The van der Waals surface area contributed by atoms with Gasteiger partial charge in [0.05, 0.1) is 0 Å². The molecule has 2 rings (SSSR count). The van der Waals surface area contributed by atoms with E-state index in [1.165, 1.54) is 0 Å². The Bertz CT molecular complexity index is 487. The maximum atomic E-state index is 12.4. The van der Waals surface area contributed by atoms with Crippen LogP contribution in [-0.4, -0.2) is 42.6 Å². The summed E-state index contributed by atoms with van der Waals surface area (Å²) in [6, 6.07) is 7.42. The highest BCUT2D eigenvalue weighted by Crippen LogP contribution is 2.19. The summed E-state index contributed by atoms with van der Waals surface area (Å²) in [6.07, 6.45) is 2.18. The molecule has 5 heteroatoms. The number of rotatable bonds is 6. The van der Waals surface area contributed by atoms with E-state index in [0.717, 1.165) is 32.5 Å².